The monoisotopic (exact) mass is 408 g/mol. The Morgan fingerprint density at radius 1 is 1.17 bits per heavy atom. The first kappa shape index (κ1) is 19.4. The summed E-state index contributed by atoms with van der Waals surface area (Å²) >= 11 is 0. The van der Waals surface area contributed by atoms with Gasteiger partial charge >= 0.3 is 0 Å². The van der Waals surface area contributed by atoms with Crippen molar-refractivity contribution in [3.8, 4) is 0 Å². The number of nitro benzene ring substituents is 1. The Bertz CT molecular complexity index is 1170. The van der Waals surface area contributed by atoms with Gasteiger partial charge < -0.3 is 9.88 Å². The topological polar surface area (TPSA) is 109 Å². The lowest BCUT2D eigenvalue weighted by molar-refractivity contribution is -0.384. The third kappa shape index (κ3) is 3.95. The van der Waals surface area contributed by atoms with Gasteiger partial charge in [-0.15, -0.1) is 0 Å². The largest absolute Gasteiger partial charge is 0.334 e. The van der Waals surface area contributed by atoms with Gasteiger partial charge in [-0.1, -0.05) is 12.1 Å². The minimum atomic E-state index is -0.528. The molecule has 0 radical (unpaired) electrons. The van der Waals surface area contributed by atoms with Gasteiger partial charge in [-0.05, 0) is 29.8 Å². The fourth-order valence-corrected chi connectivity index (χ4v) is 3.44. The SMILES string of the molecule is O=C(c1ccc([N+](=O)[O-])cc1)N1CCc2nc(Cc3ccc(F)cc3)[nH]c(=O)c2C1. The number of non-ortho nitro benzene ring substituents is 1. The Balaban J connectivity index is 1.52. The zero-order chi connectivity index (χ0) is 21.3. The molecule has 0 aliphatic carbocycles. The molecule has 1 N–H and O–H groups in total. The van der Waals surface area contributed by atoms with Crippen molar-refractivity contribution in [2.75, 3.05) is 6.54 Å². The summed E-state index contributed by atoms with van der Waals surface area (Å²) in [6.07, 6.45) is 0.794. The third-order valence-corrected chi connectivity index (χ3v) is 5.01. The lowest BCUT2D eigenvalue weighted by Crippen LogP contribution is -2.39. The van der Waals surface area contributed by atoms with Crippen LogP contribution in [0.15, 0.2) is 53.3 Å². The van der Waals surface area contributed by atoms with Crippen LogP contribution in [0.1, 0.15) is 33.0 Å². The van der Waals surface area contributed by atoms with Gasteiger partial charge in [0.05, 0.1) is 22.7 Å². The Morgan fingerprint density at radius 3 is 2.53 bits per heavy atom. The summed E-state index contributed by atoms with van der Waals surface area (Å²) < 4.78 is 13.1. The van der Waals surface area contributed by atoms with Crippen LogP contribution >= 0.6 is 0 Å². The first-order valence-electron chi connectivity index (χ1n) is 9.30. The molecule has 0 atom stereocenters. The number of nitrogens with zero attached hydrogens (tertiary/aromatic N) is 3. The normalized spacial score (nSPS) is 13.0. The van der Waals surface area contributed by atoms with Crippen LogP contribution in [-0.2, 0) is 19.4 Å². The molecule has 0 bridgehead atoms. The molecular formula is C21H17FN4O4. The standard InChI is InChI=1S/C21H17FN4O4/c22-15-5-1-13(2-6-15)11-19-23-18-9-10-25(12-17(18)20(27)24-19)21(28)14-3-7-16(8-4-14)26(29)30/h1-8H,9-12H2,(H,23,24,27). The van der Waals surface area contributed by atoms with Crippen molar-refractivity contribution in [3.63, 3.8) is 0 Å². The highest BCUT2D eigenvalue weighted by Crippen LogP contribution is 2.19. The average Bonchev–Trinajstić information content (AvgIpc) is 2.75. The number of nitrogens with one attached hydrogen (secondary N) is 1. The Hall–Kier alpha value is -3.88. The minimum absolute atomic E-state index is 0.0927. The molecule has 2 heterocycles. The summed E-state index contributed by atoms with van der Waals surface area (Å²) in [5, 5.41) is 10.8. The zero-order valence-electron chi connectivity index (χ0n) is 15.8. The second kappa shape index (κ2) is 7.86. The molecule has 30 heavy (non-hydrogen) atoms. The van der Waals surface area contributed by atoms with Crippen LogP contribution in [0.25, 0.3) is 0 Å². The smallest absolute Gasteiger partial charge is 0.269 e. The van der Waals surface area contributed by atoms with E-state index in [9.17, 15) is 24.1 Å². The van der Waals surface area contributed by atoms with E-state index in [0.717, 1.165) is 5.56 Å². The number of aromatic amines is 1. The van der Waals surface area contributed by atoms with E-state index in [1.165, 1.54) is 41.3 Å². The highest BCUT2D eigenvalue weighted by molar-refractivity contribution is 5.94. The highest BCUT2D eigenvalue weighted by Gasteiger charge is 2.25. The van der Waals surface area contributed by atoms with Gasteiger partial charge in [0.1, 0.15) is 11.6 Å². The number of nitro groups is 1. The molecule has 1 aliphatic rings. The van der Waals surface area contributed by atoms with Crippen LogP contribution in [0, 0.1) is 15.9 Å². The predicted molar refractivity (Wildman–Crippen MR) is 106 cm³/mol. The summed E-state index contributed by atoms with van der Waals surface area (Å²) in [6.45, 7) is 0.500. The van der Waals surface area contributed by atoms with Crippen molar-refractivity contribution in [2.24, 2.45) is 0 Å². The van der Waals surface area contributed by atoms with Crippen molar-refractivity contribution < 1.29 is 14.1 Å². The average molecular weight is 408 g/mol. The molecule has 0 saturated heterocycles. The molecule has 1 aromatic heterocycles. The maximum Gasteiger partial charge on any atom is 0.269 e. The van der Waals surface area contributed by atoms with Crippen LogP contribution in [0.2, 0.25) is 0 Å². The summed E-state index contributed by atoms with van der Waals surface area (Å²) in [4.78, 5) is 44.4. The van der Waals surface area contributed by atoms with Gasteiger partial charge in [0, 0.05) is 37.1 Å². The van der Waals surface area contributed by atoms with Crippen LogP contribution in [0.5, 0.6) is 0 Å². The number of carbonyl (C=O) groups excluding carboxylic acids is 1. The van der Waals surface area contributed by atoms with Gasteiger partial charge in [-0.3, -0.25) is 19.7 Å². The fourth-order valence-electron chi connectivity index (χ4n) is 3.44. The Morgan fingerprint density at radius 2 is 1.87 bits per heavy atom. The maximum atomic E-state index is 13.1. The Labute approximate surface area is 170 Å². The summed E-state index contributed by atoms with van der Waals surface area (Å²) in [5.41, 5.74) is 1.82. The number of hydrogen-bond donors (Lipinski definition) is 1. The van der Waals surface area contributed by atoms with E-state index in [1.54, 1.807) is 12.1 Å². The van der Waals surface area contributed by atoms with E-state index >= 15 is 0 Å². The summed E-state index contributed by atoms with van der Waals surface area (Å²) in [5.74, 6) is -0.144. The number of fused-ring (bicyclic) bond motifs is 1. The van der Waals surface area contributed by atoms with Gasteiger partial charge in [0.2, 0.25) is 0 Å². The number of rotatable bonds is 4. The third-order valence-electron chi connectivity index (χ3n) is 5.01. The van der Waals surface area contributed by atoms with E-state index < -0.39 is 4.92 Å². The molecule has 1 aliphatic heterocycles. The van der Waals surface area contributed by atoms with Gasteiger partial charge in [0.15, 0.2) is 0 Å². The predicted octanol–water partition coefficient (Wildman–Crippen LogP) is 2.61. The molecule has 2 aromatic carbocycles. The van der Waals surface area contributed by atoms with E-state index in [1.807, 2.05) is 0 Å². The number of H-pyrrole nitrogens is 1. The molecular weight excluding hydrogens is 391 g/mol. The van der Waals surface area contributed by atoms with Crippen LogP contribution < -0.4 is 5.56 Å². The van der Waals surface area contributed by atoms with Crippen molar-refractivity contribution in [3.05, 3.63) is 103 Å². The molecule has 8 nitrogen and oxygen atoms in total. The van der Waals surface area contributed by atoms with E-state index in [2.05, 4.69) is 9.97 Å². The minimum Gasteiger partial charge on any atom is -0.334 e. The molecule has 1 amide bonds. The molecule has 0 unspecified atom stereocenters. The van der Waals surface area contributed by atoms with Gasteiger partial charge in [0.25, 0.3) is 17.2 Å². The second-order valence-corrected chi connectivity index (χ2v) is 7.02. The number of amides is 1. The zero-order valence-corrected chi connectivity index (χ0v) is 15.8. The number of benzene rings is 2. The first-order valence-corrected chi connectivity index (χ1v) is 9.30. The lowest BCUT2D eigenvalue weighted by atomic mass is 10.0. The number of hydrogen-bond acceptors (Lipinski definition) is 5. The summed E-state index contributed by atoms with van der Waals surface area (Å²) in [7, 11) is 0. The summed E-state index contributed by atoms with van der Waals surface area (Å²) in [6, 6.07) is 11.4. The molecule has 4 rings (SSSR count). The van der Waals surface area contributed by atoms with Crippen molar-refractivity contribution in [1.82, 2.24) is 14.9 Å². The van der Waals surface area contributed by atoms with Gasteiger partial charge in [-0.2, -0.15) is 0 Å². The number of carbonyl (C=O) groups is 1. The van der Waals surface area contributed by atoms with Crippen molar-refractivity contribution in [2.45, 2.75) is 19.4 Å². The molecule has 0 saturated carbocycles. The lowest BCUT2D eigenvalue weighted by Gasteiger charge is -2.28. The van der Waals surface area contributed by atoms with Gasteiger partial charge in [-0.25, -0.2) is 9.37 Å². The first-order chi connectivity index (χ1) is 14.4. The molecule has 0 spiro atoms. The fraction of sp³-hybridized carbons (Fsp3) is 0.190. The van der Waals surface area contributed by atoms with Crippen LogP contribution in [-0.4, -0.2) is 32.2 Å². The van der Waals surface area contributed by atoms with Crippen LogP contribution in [0.3, 0.4) is 0 Å². The maximum absolute atomic E-state index is 13.1. The van der Waals surface area contributed by atoms with E-state index in [-0.39, 0.29) is 29.5 Å². The van der Waals surface area contributed by atoms with Crippen molar-refractivity contribution in [1.29, 1.82) is 0 Å². The highest BCUT2D eigenvalue weighted by atomic mass is 19.1. The molecule has 0 fully saturated rings. The van der Waals surface area contributed by atoms with Crippen LogP contribution in [0.4, 0.5) is 10.1 Å². The van der Waals surface area contributed by atoms with E-state index in [4.69, 9.17) is 0 Å². The van der Waals surface area contributed by atoms with E-state index in [0.29, 0.717) is 42.0 Å². The second-order valence-electron chi connectivity index (χ2n) is 7.02. The number of halogens is 1. The number of aromatic nitrogens is 2. The quantitative estimate of drug-likeness (QED) is 0.527. The Kier molecular flexibility index (Phi) is 5.09. The molecule has 9 heteroatoms. The molecule has 152 valence electrons. The molecule has 3 aromatic rings. The van der Waals surface area contributed by atoms with Crippen molar-refractivity contribution >= 4 is 11.6 Å².